The number of rotatable bonds is 2. The first-order valence-electron chi connectivity index (χ1n) is 3.71. The maximum Gasteiger partial charge on any atom is 0.123 e. The third kappa shape index (κ3) is 2.50. The number of nitrogens with zero attached hydrogens (tertiary/aromatic N) is 1. The Morgan fingerprint density at radius 2 is 2.00 bits per heavy atom. The second kappa shape index (κ2) is 3.92. The molecular weight excluding hydrogens is 173 g/mol. The standard InChI is InChI=1S/C9H12FNS/c1-7-6-8(10)4-5-9(7)12-11(2)3/h4-6H,1-3H3. The molecule has 0 unspecified atom stereocenters. The second-order valence-corrected chi connectivity index (χ2v) is 4.17. The van der Waals surface area contributed by atoms with E-state index in [1.807, 2.05) is 25.3 Å². The summed E-state index contributed by atoms with van der Waals surface area (Å²) in [7, 11) is 3.93. The van der Waals surface area contributed by atoms with Crippen LogP contribution in [0.3, 0.4) is 0 Å². The van der Waals surface area contributed by atoms with Gasteiger partial charge in [-0.2, -0.15) is 0 Å². The molecule has 1 rings (SSSR count). The zero-order chi connectivity index (χ0) is 9.14. The maximum atomic E-state index is 12.7. The Kier molecular flexibility index (Phi) is 3.12. The average molecular weight is 185 g/mol. The summed E-state index contributed by atoms with van der Waals surface area (Å²) in [6, 6.07) is 4.83. The summed E-state index contributed by atoms with van der Waals surface area (Å²) in [6.45, 7) is 1.91. The van der Waals surface area contributed by atoms with Gasteiger partial charge in [-0.05, 0) is 56.7 Å². The van der Waals surface area contributed by atoms with Crippen molar-refractivity contribution in [2.24, 2.45) is 0 Å². The van der Waals surface area contributed by atoms with Crippen LogP contribution in [0.1, 0.15) is 5.56 Å². The lowest BCUT2D eigenvalue weighted by atomic mass is 10.2. The highest BCUT2D eigenvalue weighted by Crippen LogP contribution is 2.23. The average Bonchev–Trinajstić information content (AvgIpc) is 1.94. The molecule has 0 N–H and O–H groups in total. The highest BCUT2D eigenvalue weighted by Gasteiger charge is 2.01. The molecule has 0 saturated carbocycles. The fourth-order valence-electron chi connectivity index (χ4n) is 0.912. The van der Waals surface area contributed by atoms with Gasteiger partial charge in [0, 0.05) is 4.90 Å². The summed E-state index contributed by atoms with van der Waals surface area (Å²) in [4.78, 5) is 1.10. The van der Waals surface area contributed by atoms with Gasteiger partial charge in [0.2, 0.25) is 0 Å². The zero-order valence-electron chi connectivity index (χ0n) is 7.47. The van der Waals surface area contributed by atoms with Crippen LogP contribution < -0.4 is 0 Å². The van der Waals surface area contributed by atoms with Gasteiger partial charge in [0.25, 0.3) is 0 Å². The molecule has 0 aromatic heterocycles. The SMILES string of the molecule is Cc1cc(F)ccc1SN(C)C. The Bertz CT molecular complexity index is 273. The highest BCUT2D eigenvalue weighted by molar-refractivity contribution is 7.97. The first-order valence-corrected chi connectivity index (χ1v) is 4.48. The molecule has 0 saturated heterocycles. The van der Waals surface area contributed by atoms with Crippen LogP contribution in [0.15, 0.2) is 23.1 Å². The molecule has 0 radical (unpaired) electrons. The number of benzene rings is 1. The lowest BCUT2D eigenvalue weighted by Crippen LogP contribution is -1.99. The van der Waals surface area contributed by atoms with Crippen LogP contribution in [0.25, 0.3) is 0 Å². The van der Waals surface area contributed by atoms with Crippen LogP contribution >= 0.6 is 11.9 Å². The van der Waals surface area contributed by atoms with Gasteiger partial charge in [-0.25, -0.2) is 4.39 Å². The van der Waals surface area contributed by atoms with E-state index in [1.165, 1.54) is 6.07 Å². The molecule has 0 bridgehead atoms. The van der Waals surface area contributed by atoms with Gasteiger partial charge in [0.1, 0.15) is 5.82 Å². The van der Waals surface area contributed by atoms with Crippen LogP contribution in [0.5, 0.6) is 0 Å². The predicted molar refractivity (Wildman–Crippen MR) is 50.7 cm³/mol. The molecule has 1 nitrogen and oxygen atoms in total. The van der Waals surface area contributed by atoms with Crippen molar-refractivity contribution in [1.29, 1.82) is 0 Å². The molecule has 0 aliphatic heterocycles. The van der Waals surface area contributed by atoms with Crippen molar-refractivity contribution < 1.29 is 4.39 Å². The van der Waals surface area contributed by atoms with Crippen LogP contribution in [0.4, 0.5) is 4.39 Å². The van der Waals surface area contributed by atoms with Crippen molar-refractivity contribution in [1.82, 2.24) is 4.31 Å². The van der Waals surface area contributed by atoms with E-state index in [1.54, 1.807) is 24.1 Å². The second-order valence-electron chi connectivity index (χ2n) is 2.81. The van der Waals surface area contributed by atoms with Crippen molar-refractivity contribution in [2.75, 3.05) is 14.1 Å². The van der Waals surface area contributed by atoms with Crippen molar-refractivity contribution >= 4 is 11.9 Å². The summed E-state index contributed by atoms with van der Waals surface area (Å²) in [6.07, 6.45) is 0. The van der Waals surface area contributed by atoms with Crippen LogP contribution in [-0.4, -0.2) is 18.4 Å². The molecule has 1 aromatic carbocycles. The Morgan fingerprint density at radius 3 is 2.50 bits per heavy atom. The summed E-state index contributed by atoms with van der Waals surface area (Å²) < 4.78 is 14.6. The molecule has 0 amide bonds. The van der Waals surface area contributed by atoms with Gasteiger partial charge in [0.15, 0.2) is 0 Å². The molecule has 1 aromatic rings. The largest absolute Gasteiger partial charge is 0.253 e. The van der Waals surface area contributed by atoms with Crippen molar-refractivity contribution in [2.45, 2.75) is 11.8 Å². The molecule has 3 heteroatoms. The minimum absolute atomic E-state index is 0.171. The number of aryl methyl sites for hydroxylation is 1. The highest BCUT2D eigenvalue weighted by atomic mass is 32.2. The fourth-order valence-corrected chi connectivity index (χ4v) is 1.64. The maximum absolute atomic E-state index is 12.7. The van der Waals surface area contributed by atoms with E-state index >= 15 is 0 Å². The van der Waals surface area contributed by atoms with Crippen molar-refractivity contribution in [3.63, 3.8) is 0 Å². The van der Waals surface area contributed by atoms with Crippen LogP contribution in [0.2, 0.25) is 0 Å². The summed E-state index contributed by atoms with van der Waals surface area (Å²) >= 11 is 1.60. The Labute approximate surface area is 76.7 Å². The normalized spacial score (nSPS) is 10.8. The van der Waals surface area contributed by atoms with Gasteiger partial charge in [-0.1, -0.05) is 0 Å². The molecular formula is C9H12FNS. The Morgan fingerprint density at radius 1 is 1.33 bits per heavy atom. The van der Waals surface area contributed by atoms with Crippen molar-refractivity contribution in [3.8, 4) is 0 Å². The predicted octanol–water partition coefficient (Wildman–Crippen LogP) is 2.70. The summed E-state index contributed by atoms with van der Waals surface area (Å²) in [5, 5.41) is 0. The van der Waals surface area contributed by atoms with E-state index in [-0.39, 0.29) is 5.82 Å². The topological polar surface area (TPSA) is 3.24 Å². The molecule has 0 aliphatic rings. The number of hydrogen-bond acceptors (Lipinski definition) is 2. The monoisotopic (exact) mass is 185 g/mol. The molecule has 66 valence electrons. The van der Waals surface area contributed by atoms with Gasteiger partial charge in [-0.3, -0.25) is 4.31 Å². The van der Waals surface area contributed by atoms with E-state index < -0.39 is 0 Å². The van der Waals surface area contributed by atoms with Crippen LogP contribution in [0, 0.1) is 12.7 Å². The molecule has 0 aliphatic carbocycles. The molecule has 0 heterocycles. The number of halogens is 1. The van der Waals surface area contributed by atoms with E-state index in [0.717, 1.165) is 10.5 Å². The third-order valence-corrected chi connectivity index (χ3v) is 2.44. The van der Waals surface area contributed by atoms with Gasteiger partial charge >= 0.3 is 0 Å². The quantitative estimate of drug-likeness (QED) is 0.652. The summed E-state index contributed by atoms with van der Waals surface area (Å²) in [5.41, 5.74) is 0.980. The first-order chi connectivity index (χ1) is 5.59. The molecule has 12 heavy (non-hydrogen) atoms. The zero-order valence-corrected chi connectivity index (χ0v) is 8.28. The van der Waals surface area contributed by atoms with Gasteiger partial charge in [0.05, 0.1) is 0 Å². The first kappa shape index (κ1) is 9.55. The lowest BCUT2D eigenvalue weighted by molar-refractivity contribution is 0.624. The minimum atomic E-state index is -0.171. The van der Waals surface area contributed by atoms with E-state index in [2.05, 4.69) is 0 Å². The van der Waals surface area contributed by atoms with Gasteiger partial charge in [-0.15, -0.1) is 0 Å². The fraction of sp³-hybridized carbons (Fsp3) is 0.333. The van der Waals surface area contributed by atoms with E-state index in [0.29, 0.717) is 0 Å². The third-order valence-electron chi connectivity index (χ3n) is 1.42. The van der Waals surface area contributed by atoms with Crippen LogP contribution in [-0.2, 0) is 0 Å². The summed E-state index contributed by atoms with van der Waals surface area (Å²) in [5.74, 6) is -0.171. The Balaban J connectivity index is 2.86. The van der Waals surface area contributed by atoms with Gasteiger partial charge < -0.3 is 0 Å². The van der Waals surface area contributed by atoms with E-state index in [9.17, 15) is 4.39 Å². The molecule has 0 fully saturated rings. The minimum Gasteiger partial charge on any atom is -0.253 e. The van der Waals surface area contributed by atoms with E-state index in [4.69, 9.17) is 0 Å². The smallest absolute Gasteiger partial charge is 0.123 e. The lowest BCUT2D eigenvalue weighted by Gasteiger charge is -2.10. The molecule has 0 atom stereocenters. The van der Waals surface area contributed by atoms with Crippen molar-refractivity contribution in [3.05, 3.63) is 29.6 Å². The number of hydrogen-bond donors (Lipinski definition) is 0. The molecule has 0 spiro atoms. The Hall–Kier alpha value is -0.540.